The third kappa shape index (κ3) is 4.01. The summed E-state index contributed by atoms with van der Waals surface area (Å²) in [5.41, 5.74) is 0.195. The molecule has 0 amide bonds. The lowest BCUT2D eigenvalue weighted by Gasteiger charge is -2.42. The molecule has 1 aromatic rings. The van der Waals surface area contributed by atoms with Crippen LogP contribution in [0.2, 0.25) is 0 Å². The minimum Gasteiger partial charge on any atom is -0.311 e. The summed E-state index contributed by atoms with van der Waals surface area (Å²) < 4.78 is 27.8. The maximum Gasteiger partial charge on any atom is 0.130 e. The predicted octanol–water partition coefficient (Wildman–Crippen LogP) is 3.56. The van der Waals surface area contributed by atoms with Crippen molar-refractivity contribution in [2.24, 2.45) is 5.92 Å². The van der Waals surface area contributed by atoms with Gasteiger partial charge in [0.05, 0.1) is 0 Å². The molecule has 1 N–H and O–H groups in total. The van der Waals surface area contributed by atoms with Gasteiger partial charge >= 0.3 is 0 Å². The summed E-state index contributed by atoms with van der Waals surface area (Å²) in [6.45, 7) is 8.58. The van der Waals surface area contributed by atoms with Gasteiger partial charge in [-0.25, -0.2) is 8.78 Å². The van der Waals surface area contributed by atoms with Gasteiger partial charge < -0.3 is 5.32 Å². The predicted molar refractivity (Wildman–Crippen MR) is 82.1 cm³/mol. The molecule has 1 saturated heterocycles. The van der Waals surface area contributed by atoms with Crippen LogP contribution in [-0.2, 0) is 6.54 Å². The van der Waals surface area contributed by atoms with Crippen LogP contribution in [0.15, 0.2) is 18.2 Å². The molecule has 1 aromatic carbocycles. The van der Waals surface area contributed by atoms with Crippen LogP contribution in [0.5, 0.6) is 0 Å². The van der Waals surface area contributed by atoms with E-state index in [1.165, 1.54) is 18.2 Å². The summed E-state index contributed by atoms with van der Waals surface area (Å²) in [4.78, 5) is 2.24. The molecule has 2 nitrogen and oxygen atoms in total. The summed E-state index contributed by atoms with van der Waals surface area (Å²) in [5, 5.41) is 3.57. The molecular weight excluding hydrogens is 270 g/mol. The highest BCUT2D eigenvalue weighted by atomic mass is 19.1. The molecule has 0 saturated carbocycles. The molecule has 2 unspecified atom stereocenters. The van der Waals surface area contributed by atoms with Crippen LogP contribution in [-0.4, -0.2) is 30.1 Å². The third-order valence-electron chi connectivity index (χ3n) is 4.37. The first-order chi connectivity index (χ1) is 10.0. The molecule has 0 bridgehead atoms. The Labute approximate surface area is 126 Å². The van der Waals surface area contributed by atoms with Gasteiger partial charge in [-0.1, -0.05) is 33.3 Å². The number of hydrogen-bond acceptors (Lipinski definition) is 2. The van der Waals surface area contributed by atoms with Gasteiger partial charge in [-0.2, -0.15) is 0 Å². The number of rotatable bonds is 5. The Hall–Kier alpha value is -1.00. The van der Waals surface area contributed by atoms with E-state index in [0.717, 1.165) is 25.9 Å². The van der Waals surface area contributed by atoms with Gasteiger partial charge in [0.1, 0.15) is 11.6 Å². The lowest BCUT2D eigenvalue weighted by atomic mass is 9.96. The summed E-state index contributed by atoms with van der Waals surface area (Å²) in [6, 6.07) is 4.84. The molecule has 4 heteroatoms. The molecule has 0 aromatic heterocycles. The van der Waals surface area contributed by atoms with Crippen molar-refractivity contribution >= 4 is 0 Å². The second kappa shape index (κ2) is 7.32. The van der Waals surface area contributed by atoms with Gasteiger partial charge in [-0.05, 0) is 24.5 Å². The molecule has 1 fully saturated rings. The van der Waals surface area contributed by atoms with Crippen LogP contribution in [0, 0.1) is 17.6 Å². The molecule has 0 spiro atoms. The van der Waals surface area contributed by atoms with E-state index in [1.54, 1.807) is 0 Å². The molecule has 2 atom stereocenters. The van der Waals surface area contributed by atoms with Crippen LogP contribution < -0.4 is 5.32 Å². The first kappa shape index (κ1) is 16.4. The minimum absolute atomic E-state index is 0.195. The third-order valence-corrected chi connectivity index (χ3v) is 4.37. The molecule has 0 aliphatic carbocycles. The van der Waals surface area contributed by atoms with E-state index in [0.29, 0.717) is 24.5 Å². The molecule has 1 heterocycles. The van der Waals surface area contributed by atoms with Crippen molar-refractivity contribution in [3.05, 3.63) is 35.4 Å². The minimum atomic E-state index is -0.442. The number of hydrogen-bond donors (Lipinski definition) is 1. The van der Waals surface area contributed by atoms with Crippen LogP contribution in [0.25, 0.3) is 0 Å². The largest absolute Gasteiger partial charge is 0.311 e. The van der Waals surface area contributed by atoms with Crippen LogP contribution in [0.4, 0.5) is 8.78 Å². The van der Waals surface area contributed by atoms with Crippen LogP contribution in [0.3, 0.4) is 0 Å². The molecule has 2 rings (SSSR count). The fraction of sp³-hybridized carbons (Fsp3) is 0.647. The standard InChI is InChI=1S/C17H26F2N2/c1-4-6-13-10-21(17(9-20-13)12(2)3)11-14-15(18)7-5-8-16(14)19/h5,7-8,12-13,17,20H,4,6,9-11H2,1-3H3. The number of halogens is 2. The molecule has 1 aliphatic rings. The van der Waals surface area contributed by atoms with E-state index in [4.69, 9.17) is 0 Å². The fourth-order valence-electron chi connectivity index (χ4n) is 3.17. The zero-order valence-electron chi connectivity index (χ0n) is 13.2. The lowest BCUT2D eigenvalue weighted by Crippen LogP contribution is -2.57. The Morgan fingerprint density at radius 3 is 2.52 bits per heavy atom. The van der Waals surface area contributed by atoms with Crippen molar-refractivity contribution in [1.29, 1.82) is 0 Å². The van der Waals surface area contributed by atoms with Gasteiger partial charge in [-0.15, -0.1) is 0 Å². The first-order valence-electron chi connectivity index (χ1n) is 7.93. The highest BCUT2D eigenvalue weighted by Gasteiger charge is 2.30. The van der Waals surface area contributed by atoms with E-state index in [-0.39, 0.29) is 5.56 Å². The quantitative estimate of drug-likeness (QED) is 0.893. The van der Waals surface area contributed by atoms with E-state index < -0.39 is 11.6 Å². The molecule has 0 radical (unpaired) electrons. The SMILES string of the molecule is CCCC1CN(Cc2c(F)cccc2F)C(C(C)C)CN1. The summed E-state index contributed by atoms with van der Waals surface area (Å²) >= 11 is 0. The average Bonchev–Trinajstić information content (AvgIpc) is 2.43. The van der Waals surface area contributed by atoms with Crippen molar-refractivity contribution in [3.8, 4) is 0 Å². The van der Waals surface area contributed by atoms with E-state index in [2.05, 4.69) is 31.0 Å². The van der Waals surface area contributed by atoms with Gasteiger partial charge in [0, 0.05) is 37.3 Å². The fourth-order valence-corrected chi connectivity index (χ4v) is 3.17. The van der Waals surface area contributed by atoms with E-state index >= 15 is 0 Å². The van der Waals surface area contributed by atoms with Crippen molar-refractivity contribution in [1.82, 2.24) is 10.2 Å². The molecule has 21 heavy (non-hydrogen) atoms. The highest BCUT2D eigenvalue weighted by Crippen LogP contribution is 2.22. The lowest BCUT2D eigenvalue weighted by molar-refractivity contribution is 0.0862. The maximum atomic E-state index is 13.9. The Morgan fingerprint density at radius 1 is 1.29 bits per heavy atom. The zero-order valence-corrected chi connectivity index (χ0v) is 13.2. The maximum absolute atomic E-state index is 13.9. The first-order valence-corrected chi connectivity index (χ1v) is 7.93. The second-order valence-corrected chi connectivity index (χ2v) is 6.33. The summed E-state index contributed by atoms with van der Waals surface area (Å²) in [7, 11) is 0. The highest BCUT2D eigenvalue weighted by molar-refractivity contribution is 5.20. The van der Waals surface area contributed by atoms with Crippen molar-refractivity contribution in [2.45, 2.75) is 52.2 Å². The smallest absolute Gasteiger partial charge is 0.130 e. The topological polar surface area (TPSA) is 15.3 Å². The van der Waals surface area contributed by atoms with Gasteiger partial charge in [0.25, 0.3) is 0 Å². The van der Waals surface area contributed by atoms with Crippen molar-refractivity contribution in [2.75, 3.05) is 13.1 Å². The monoisotopic (exact) mass is 296 g/mol. The van der Waals surface area contributed by atoms with Gasteiger partial charge in [-0.3, -0.25) is 4.90 Å². The summed E-state index contributed by atoms with van der Waals surface area (Å²) in [5.74, 6) is -0.430. The Morgan fingerprint density at radius 2 is 1.95 bits per heavy atom. The van der Waals surface area contributed by atoms with Crippen molar-refractivity contribution in [3.63, 3.8) is 0 Å². The Bertz CT molecular complexity index is 442. The van der Waals surface area contributed by atoms with Crippen LogP contribution >= 0.6 is 0 Å². The molecular formula is C17H26F2N2. The number of nitrogens with zero attached hydrogens (tertiary/aromatic N) is 1. The molecule has 118 valence electrons. The normalized spacial score (nSPS) is 23.7. The number of nitrogens with one attached hydrogen (secondary N) is 1. The Kier molecular flexibility index (Phi) is 5.71. The van der Waals surface area contributed by atoms with Crippen LogP contribution in [0.1, 0.15) is 39.2 Å². The van der Waals surface area contributed by atoms with Crippen molar-refractivity contribution < 1.29 is 8.78 Å². The Balaban J connectivity index is 2.16. The molecule has 1 aliphatic heterocycles. The van der Waals surface area contributed by atoms with E-state index in [1.807, 2.05) is 0 Å². The van der Waals surface area contributed by atoms with Gasteiger partial charge in [0.15, 0.2) is 0 Å². The van der Waals surface area contributed by atoms with Gasteiger partial charge in [0.2, 0.25) is 0 Å². The second-order valence-electron chi connectivity index (χ2n) is 6.33. The summed E-state index contributed by atoms with van der Waals surface area (Å²) in [6.07, 6.45) is 2.22. The zero-order chi connectivity index (χ0) is 15.4. The number of piperazine rings is 1. The average molecular weight is 296 g/mol. The number of benzene rings is 1. The van der Waals surface area contributed by atoms with E-state index in [9.17, 15) is 8.78 Å².